The highest BCUT2D eigenvalue weighted by Gasteiger charge is 2.25. The predicted octanol–water partition coefficient (Wildman–Crippen LogP) is 5.33. The zero-order valence-corrected chi connectivity index (χ0v) is 26.1. The molecule has 1 aliphatic rings. The number of nitrogens with zero attached hydrogens (tertiary/aromatic N) is 4. The zero-order chi connectivity index (χ0) is 30.2. The number of ether oxygens (including phenoxy) is 1. The van der Waals surface area contributed by atoms with Crippen molar-refractivity contribution in [2.75, 3.05) is 37.4 Å². The molecule has 3 aromatic rings. The van der Waals surface area contributed by atoms with Crippen LogP contribution in [0.5, 0.6) is 0 Å². The molecule has 2 aromatic carbocycles. The molecule has 2 heterocycles. The average molecular weight is 634 g/mol. The van der Waals surface area contributed by atoms with Crippen LogP contribution >= 0.6 is 35.0 Å². The van der Waals surface area contributed by atoms with Gasteiger partial charge in [-0.25, -0.2) is 0 Å². The Bertz CT molecular complexity index is 1430. The maximum Gasteiger partial charge on any atom is 0.254 e. The molecule has 0 aliphatic carbocycles. The van der Waals surface area contributed by atoms with E-state index in [9.17, 15) is 14.4 Å². The van der Waals surface area contributed by atoms with E-state index < -0.39 is 6.04 Å². The van der Waals surface area contributed by atoms with Crippen LogP contribution in [0.15, 0.2) is 47.6 Å². The highest BCUT2D eigenvalue weighted by atomic mass is 35.5. The molecule has 0 bridgehead atoms. The number of anilines is 1. The van der Waals surface area contributed by atoms with Crippen LogP contribution in [0.4, 0.5) is 5.69 Å². The number of rotatable bonds is 11. The van der Waals surface area contributed by atoms with Crippen LogP contribution in [0.3, 0.4) is 0 Å². The van der Waals surface area contributed by atoms with Crippen LogP contribution in [-0.2, 0) is 16.1 Å². The number of thioether (sulfide) groups is 1. The third kappa shape index (κ3) is 8.25. The normalized spacial score (nSPS) is 14.1. The molecule has 13 heteroatoms. The summed E-state index contributed by atoms with van der Waals surface area (Å²) in [6.07, 6.45) is 0.625. The molecule has 1 atom stereocenters. The summed E-state index contributed by atoms with van der Waals surface area (Å²) >= 11 is 13.5. The smallest absolute Gasteiger partial charge is 0.254 e. The van der Waals surface area contributed by atoms with Crippen molar-refractivity contribution in [3.8, 4) is 0 Å². The van der Waals surface area contributed by atoms with E-state index in [1.807, 2.05) is 11.5 Å². The summed E-state index contributed by atoms with van der Waals surface area (Å²) in [6.45, 7) is 8.75. The van der Waals surface area contributed by atoms with E-state index in [1.165, 1.54) is 17.8 Å². The standard InChI is InChI=1S/C29H34Cl2N6O4S/c1-4-37-26(24(14-18(2)3)33-27(39)22-9-8-20(30)16-23(22)31)34-35-29(37)42-17-25(38)32-21-7-5-6-19(15-21)28(40)36-10-12-41-13-11-36/h5-9,15-16,18,24H,4,10-14,17H2,1-3H3,(H,32,38)(H,33,39)/t24-/m1/s1. The van der Waals surface area contributed by atoms with Crippen molar-refractivity contribution in [3.63, 3.8) is 0 Å². The van der Waals surface area contributed by atoms with Gasteiger partial charge in [0.15, 0.2) is 11.0 Å². The van der Waals surface area contributed by atoms with Crippen molar-refractivity contribution in [2.45, 2.75) is 44.9 Å². The summed E-state index contributed by atoms with van der Waals surface area (Å²) < 4.78 is 7.22. The summed E-state index contributed by atoms with van der Waals surface area (Å²) in [5.74, 6) is 0.270. The number of morpholine rings is 1. The Kier molecular flexibility index (Phi) is 11.3. The first-order valence-electron chi connectivity index (χ1n) is 13.7. The third-order valence-electron chi connectivity index (χ3n) is 6.59. The molecule has 0 unspecified atom stereocenters. The molecule has 2 N–H and O–H groups in total. The van der Waals surface area contributed by atoms with Crippen LogP contribution in [0.25, 0.3) is 0 Å². The van der Waals surface area contributed by atoms with Crippen LogP contribution in [0.2, 0.25) is 10.0 Å². The van der Waals surface area contributed by atoms with E-state index in [-0.39, 0.29) is 34.4 Å². The number of benzene rings is 2. The lowest BCUT2D eigenvalue weighted by molar-refractivity contribution is -0.113. The van der Waals surface area contributed by atoms with Gasteiger partial charge in [-0.1, -0.05) is 54.9 Å². The first kappa shape index (κ1) is 31.8. The van der Waals surface area contributed by atoms with E-state index in [2.05, 4.69) is 34.7 Å². The summed E-state index contributed by atoms with van der Waals surface area (Å²) in [5.41, 5.74) is 1.37. The van der Waals surface area contributed by atoms with Crippen LogP contribution in [0, 0.1) is 5.92 Å². The number of hydrogen-bond donors (Lipinski definition) is 2. The van der Waals surface area contributed by atoms with Gasteiger partial charge in [0.05, 0.1) is 35.6 Å². The van der Waals surface area contributed by atoms with E-state index in [0.29, 0.717) is 72.1 Å². The topological polar surface area (TPSA) is 118 Å². The molecule has 4 rings (SSSR count). The average Bonchev–Trinajstić information content (AvgIpc) is 3.38. The van der Waals surface area contributed by atoms with Crippen molar-refractivity contribution in [1.82, 2.24) is 25.0 Å². The lowest BCUT2D eigenvalue weighted by Gasteiger charge is -2.27. The summed E-state index contributed by atoms with van der Waals surface area (Å²) in [7, 11) is 0. The maximum absolute atomic E-state index is 13.1. The highest BCUT2D eigenvalue weighted by Crippen LogP contribution is 2.27. The Morgan fingerprint density at radius 3 is 2.52 bits per heavy atom. The van der Waals surface area contributed by atoms with Crippen LogP contribution in [-0.4, -0.2) is 69.4 Å². The van der Waals surface area contributed by atoms with Crippen molar-refractivity contribution >= 4 is 58.4 Å². The van der Waals surface area contributed by atoms with Crippen LogP contribution in [0.1, 0.15) is 59.8 Å². The lowest BCUT2D eigenvalue weighted by atomic mass is 10.0. The van der Waals surface area contributed by atoms with Gasteiger partial charge in [-0.05, 0) is 55.7 Å². The molecule has 42 heavy (non-hydrogen) atoms. The van der Waals surface area contributed by atoms with Gasteiger partial charge in [0.2, 0.25) is 5.91 Å². The predicted molar refractivity (Wildman–Crippen MR) is 164 cm³/mol. The lowest BCUT2D eigenvalue weighted by Crippen LogP contribution is -2.40. The number of aromatic nitrogens is 3. The van der Waals surface area contributed by atoms with Gasteiger partial charge >= 0.3 is 0 Å². The molecule has 0 radical (unpaired) electrons. The molecular formula is C29H34Cl2N6O4S. The molecule has 1 aliphatic heterocycles. The number of nitrogens with one attached hydrogen (secondary N) is 2. The van der Waals surface area contributed by atoms with Gasteiger partial charge in [0, 0.05) is 35.9 Å². The number of carbonyl (C=O) groups excluding carboxylic acids is 3. The largest absolute Gasteiger partial charge is 0.378 e. The summed E-state index contributed by atoms with van der Waals surface area (Å²) in [5, 5.41) is 15.9. The highest BCUT2D eigenvalue weighted by molar-refractivity contribution is 7.99. The molecule has 3 amide bonds. The van der Waals surface area contributed by atoms with Crippen molar-refractivity contribution in [3.05, 3.63) is 69.5 Å². The van der Waals surface area contributed by atoms with Crippen molar-refractivity contribution in [1.29, 1.82) is 0 Å². The Morgan fingerprint density at radius 1 is 1.07 bits per heavy atom. The third-order valence-corrected chi connectivity index (χ3v) is 8.10. The number of halogens is 2. The second-order valence-corrected chi connectivity index (χ2v) is 12.0. The summed E-state index contributed by atoms with van der Waals surface area (Å²) in [4.78, 5) is 40.5. The first-order chi connectivity index (χ1) is 20.2. The number of amides is 3. The van der Waals surface area contributed by atoms with E-state index in [4.69, 9.17) is 27.9 Å². The fourth-order valence-electron chi connectivity index (χ4n) is 4.58. The molecule has 10 nitrogen and oxygen atoms in total. The SMILES string of the molecule is CCn1c(SCC(=O)Nc2cccc(C(=O)N3CCOCC3)c2)nnc1[C@@H](CC(C)C)NC(=O)c1ccc(Cl)cc1Cl. The molecular weight excluding hydrogens is 599 g/mol. The van der Waals surface area contributed by atoms with E-state index in [0.717, 1.165) is 0 Å². The van der Waals surface area contributed by atoms with Crippen LogP contribution < -0.4 is 10.6 Å². The minimum Gasteiger partial charge on any atom is -0.378 e. The Morgan fingerprint density at radius 2 is 1.83 bits per heavy atom. The molecule has 1 fully saturated rings. The van der Waals surface area contributed by atoms with Gasteiger partial charge in [-0.2, -0.15) is 0 Å². The quantitative estimate of drug-likeness (QED) is 0.274. The second kappa shape index (κ2) is 14.9. The fraction of sp³-hybridized carbons (Fsp3) is 0.414. The minimum atomic E-state index is -0.424. The number of hydrogen-bond acceptors (Lipinski definition) is 7. The second-order valence-electron chi connectivity index (χ2n) is 10.2. The van der Waals surface area contributed by atoms with Gasteiger partial charge in [-0.3, -0.25) is 14.4 Å². The zero-order valence-electron chi connectivity index (χ0n) is 23.7. The van der Waals surface area contributed by atoms with E-state index >= 15 is 0 Å². The van der Waals surface area contributed by atoms with Gasteiger partial charge in [0.25, 0.3) is 11.8 Å². The van der Waals surface area contributed by atoms with Gasteiger partial charge in [0.1, 0.15) is 0 Å². The van der Waals surface area contributed by atoms with Crippen molar-refractivity contribution in [2.24, 2.45) is 5.92 Å². The van der Waals surface area contributed by atoms with E-state index in [1.54, 1.807) is 41.3 Å². The molecule has 0 spiro atoms. The Hall–Kier alpha value is -3.12. The maximum atomic E-state index is 13.1. The number of carbonyl (C=O) groups is 3. The first-order valence-corrected chi connectivity index (χ1v) is 15.5. The van der Waals surface area contributed by atoms with Gasteiger partial charge in [-0.15, -0.1) is 10.2 Å². The Balaban J connectivity index is 1.42. The summed E-state index contributed by atoms with van der Waals surface area (Å²) in [6, 6.07) is 11.2. The molecule has 0 saturated carbocycles. The minimum absolute atomic E-state index is 0.0847. The fourth-order valence-corrected chi connectivity index (χ4v) is 5.88. The molecule has 224 valence electrons. The Labute approximate surface area is 259 Å². The van der Waals surface area contributed by atoms with Gasteiger partial charge < -0.3 is 24.8 Å². The molecule has 1 aromatic heterocycles. The monoisotopic (exact) mass is 632 g/mol. The molecule has 1 saturated heterocycles. The van der Waals surface area contributed by atoms with Crippen molar-refractivity contribution < 1.29 is 19.1 Å².